The van der Waals surface area contributed by atoms with Crippen molar-refractivity contribution in [1.82, 2.24) is 5.16 Å². The Balaban J connectivity index is 3.21. The van der Waals surface area contributed by atoms with Gasteiger partial charge in [-0.3, -0.25) is 4.79 Å². The predicted molar refractivity (Wildman–Crippen MR) is 64.8 cm³/mol. The van der Waals surface area contributed by atoms with Crippen LogP contribution in [0.1, 0.15) is 43.7 Å². The summed E-state index contributed by atoms with van der Waals surface area (Å²) in [6, 6.07) is 0. The van der Waals surface area contributed by atoms with Crippen LogP contribution in [0.5, 0.6) is 0 Å². The van der Waals surface area contributed by atoms with Crippen LogP contribution >= 0.6 is 0 Å². The minimum atomic E-state index is -2.95. The maximum absolute atomic E-state index is 11.8. The van der Waals surface area contributed by atoms with Gasteiger partial charge in [0, 0.05) is 11.2 Å². The fourth-order valence-electron chi connectivity index (χ4n) is 1.18. The van der Waals surface area contributed by atoms with Crippen LogP contribution in [0.3, 0.4) is 0 Å². The molecular formula is C10H17N3O3S. The molecule has 1 rings (SSSR count). The third-order valence-electron chi connectivity index (χ3n) is 2.16. The number of nitrogens with zero attached hydrogens (tertiary/aromatic N) is 2. The Morgan fingerprint density at radius 1 is 1.59 bits per heavy atom. The lowest BCUT2D eigenvalue weighted by atomic mass is 9.89. The lowest BCUT2D eigenvalue weighted by Gasteiger charge is -2.14. The molecule has 0 aliphatic heterocycles. The summed E-state index contributed by atoms with van der Waals surface area (Å²) >= 11 is 0. The standard InChI is InChI=1S/C10H17N3O3S/c1-5-17(11,15)13-9(14)7-6-16-12-8(7)10(2,3)4/h6H,5H2,1-4H3,(H2,11,13,14,15). The Hall–Kier alpha value is -1.21. The topological polar surface area (TPSA) is 98.6 Å². The van der Waals surface area contributed by atoms with E-state index < -0.39 is 15.8 Å². The van der Waals surface area contributed by atoms with Crippen LogP contribution in [0, 0.1) is 0 Å². The van der Waals surface area contributed by atoms with Gasteiger partial charge in [0.1, 0.15) is 27.4 Å². The maximum atomic E-state index is 11.8. The van der Waals surface area contributed by atoms with E-state index in [1.165, 1.54) is 6.26 Å². The minimum absolute atomic E-state index is 0.120. The third-order valence-corrected chi connectivity index (χ3v) is 3.46. The summed E-state index contributed by atoms with van der Waals surface area (Å²) in [6.07, 6.45) is 1.21. The number of hydrogen-bond acceptors (Lipinski definition) is 4. The van der Waals surface area contributed by atoms with Gasteiger partial charge in [-0.05, 0) is 0 Å². The first-order chi connectivity index (χ1) is 7.67. The maximum Gasteiger partial charge on any atom is 0.291 e. The van der Waals surface area contributed by atoms with Crippen LogP contribution in [0.15, 0.2) is 15.1 Å². The highest BCUT2D eigenvalue weighted by Crippen LogP contribution is 2.24. The molecule has 6 nitrogen and oxygen atoms in total. The largest absolute Gasteiger partial charge is 0.364 e. The molecule has 0 bridgehead atoms. The second kappa shape index (κ2) is 4.58. The zero-order chi connectivity index (χ0) is 13.3. The van der Waals surface area contributed by atoms with E-state index >= 15 is 0 Å². The molecule has 0 saturated heterocycles. The highest BCUT2D eigenvalue weighted by Gasteiger charge is 2.26. The van der Waals surface area contributed by atoms with E-state index in [0.29, 0.717) is 5.69 Å². The lowest BCUT2D eigenvalue weighted by Crippen LogP contribution is -2.19. The predicted octanol–water partition coefficient (Wildman–Crippen LogP) is 1.47. The summed E-state index contributed by atoms with van der Waals surface area (Å²) in [5.41, 5.74) is 0.344. The van der Waals surface area contributed by atoms with Gasteiger partial charge >= 0.3 is 0 Å². The summed E-state index contributed by atoms with van der Waals surface area (Å²) in [4.78, 5) is 11.8. The van der Waals surface area contributed by atoms with Gasteiger partial charge in [0.25, 0.3) is 5.91 Å². The van der Waals surface area contributed by atoms with Gasteiger partial charge < -0.3 is 4.52 Å². The Labute approximate surface area is 101 Å². The quantitative estimate of drug-likeness (QED) is 0.869. The summed E-state index contributed by atoms with van der Waals surface area (Å²) < 4.78 is 19.8. The van der Waals surface area contributed by atoms with Gasteiger partial charge in [-0.1, -0.05) is 32.9 Å². The Kier molecular flexibility index (Phi) is 3.73. The first-order valence-electron chi connectivity index (χ1n) is 5.19. The van der Waals surface area contributed by atoms with Gasteiger partial charge in [0.2, 0.25) is 0 Å². The Morgan fingerprint density at radius 2 is 2.18 bits per heavy atom. The number of rotatable bonds is 2. The van der Waals surface area contributed by atoms with E-state index in [-0.39, 0.29) is 16.7 Å². The molecule has 1 heterocycles. The summed E-state index contributed by atoms with van der Waals surface area (Å²) in [5.74, 6) is -0.528. The number of aromatic nitrogens is 1. The Bertz CT molecular complexity index is 533. The number of amides is 1. The molecule has 1 unspecified atom stereocenters. The second-order valence-electron chi connectivity index (χ2n) is 4.70. The van der Waals surface area contributed by atoms with Gasteiger partial charge in [0.05, 0.1) is 0 Å². The van der Waals surface area contributed by atoms with Crippen molar-refractivity contribution >= 4 is 15.8 Å². The van der Waals surface area contributed by atoms with Gasteiger partial charge in [-0.25, -0.2) is 9.35 Å². The van der Waals surface area contributed by atoms with Crippen molar-refractivity contribution in [3.05, 3.63) is 17.5 Å². The van der Waals surface area contributed by atoms with Crippen LogP contribution in [0.25, 0.3) is 0 Å². The van der Waals surface area contributed by atoms with E-state index in [0.717, 1.165) is 0 Å². The van der Waals surface area contributed by atoms with Crippen molar-refractivity contribution in [1.29, 1.82) is 0 Å². The van der Waals surface area contributed by atoms with E-state index in [4.69, 9.17) is 9.66 Å². The SMILES string of the molecule is CCS(N)(=O)=NC(=O)c1conc1C(C)(C)C. The first-order valence-corrected chi connectivity index (χ1v) is 6.94. The van der Waals surface area contributed by atoms with Crippen molar-refractivity contribution < 1.29 is 13.5 Å². The molecule has 0 saturated carbocycles. The van der Waals surface area contributed by atoms with Crippen molar-refractivity contribution in [2.75, 3.05) is 5.75 Å². The molecular weight excluding hydrogens is 242 g/mol. The number of nitrogens with two attached hydrogens (primary N) is 1. The summed E-state index contributed by atoms with van der Waals surface area (Å²) in [7, 11) is -2.95. The minimum Gasteiger partial charge on any atom is -0.364 e. The van der Waals surface area contributed by atoms with Crippen molar-refractivity contribution in [3.63, 3.8) is 0 Å². The molecule has 0 aromatic carbocycles. The Morgan fingerprint density at radius 3 is 2.65 bits per heavy atom. The number of hydrogen-bond donors (Lipinski definition) is 1. The second-order valence-corrected chi connectivity index (χ2v) is 6.84. The van der Waals surface area contributed by atoms with E-state index in [9.17, 15) is 9.00 Å². The fourth-order valence-corrected chi connectivity index (χ4v) is 1.69. The van der Waals surface area contributed by atoms with E-state index in [2.05, 4.69) is 9.52 Å². The van der Waals surface area contributed by atoms with Crippen LogP contribution in [0.2, 0.25) is 0 Å². The zero-order valence-electron chi connectivity index (χ0n) is 10.4. The monoisotopic (exact) mass is 259 g/mol. The molecule has 1 amide bonds. The van der Waals surface area contributed by atoms with Crippen LogP contribution in [-0.4, -0.2) is 21.0 Å². The molecule has 1 atom stereocenters. The molecule has 0 fully saturated rings. The third kappa shape index (κ3) is 3.37. The van der Waals surface area contributed by atoms with Gasteiger partial charge in [0.15, 0.2) is 0 Å². The fraction of sp³-hybridized carbons (Fsp3) is 0.600. The summed E-state index contributed by atoms with van der Waals surface area (Å²) in [6.45, 7) is 7.28. The number of carbonyl (C=O) groups excluding carboxylic acids is 1. The summed E-state index contributed by atoms with van der Waals surface area (Å²) in [5, 5.41) is 9.15. The van der Waals surface area contributed by atoms with Crippen LogP contribution < -0.4 is 5.14 Å². The molecule has 17 heavy (non-hydrogen) atoms. The average Bonchev–Trinajstić information content (AvgIpc) is 2.64. The molecule has 0 spiro atoms. The van der Waals surface area contributed by atoms with E-state index in [1.807, 2.05) is 20.8 Å². The highest BCUT2D eigenvalue weighted by atomic mass is 32.2. The highest BCUT2D eigenvalue weighted by molar-refractivity contribution is 7.91. The molecule has 1 aromatic heterocycles. The van der Waals surface area contributed by atoms with E-state index in [1.54, 1.807) is 6.92 Å². The van der Waals surface area contributed by atoms with Gasteiger partial charge in [-0.15, -0.1) is 4.36 Å². The van der Waals surface area contributed by atoms with Crippen molar-refractivity contribution in [2.45, 2.75) is 33.1 Å². The molecule has 0 radical (unpaired) electrons. The molecule has 7 heteroatoms. The average molecular weight is 259 g/mol. The number of carbonyl (C=O) groups is 1. The smallest absolute Gasteiger partial charge is 0.291 e. The molecule has 2 N–H and O–H groups in total. The van der Waals surface area contributed by atoms with Gasteiger partial charge in [-0.2, -0.15) is 0 Å². The lowest BCUT2D eigenvalue weighted by molar-refractivity contribution is 0.100. The molecule has 96 valence electrons. The molecule has 1 aromatic rings. The first kappa shape index (κ1) is 13.9. The molecule has 0 aliphatic rings. The molecule has 0 aliphatic carbocycles. The normalized spacial score (nSPS) is 15.4. The van der Waals surface area contributed by atoms with Crippen molar-refractivity contribution in [3.8, 4) is 0 Å². The van der Waals surface area contributed by atoms with Crippen molar-refractivity contribution in [2.24, 2.45) is 9.50 Å². The van der Waals surface area contributed by atoms with Crippen LogP contribution in [-0.2, 0) is 15.3 Å². The zero-order valence-corrected chi connectivity index (χ0v) is 11.2. The van der Waals surface area contributed by atoms with Crippen LogP contribution in [0.4, 0.5) is 0 Å².